The largest absolute Gasteiger partial charge is 0.265 e. The van der Waals surface area contributed by atoms with Crippen LogP contribution in [0.5, 0.6) is 0 Å². The highest BCUT2D eigenvalue weighted by atomic mass is 14.6. The van der Waals surface area contributed by atoms with Crippen LogP contribution in [0, 0.1) is 11.8 Å². The molecule has 0 atom stereocenters. The zero-order valence-corrected chi connectivity index (χ0v) is 10.5. The highest BCUT2D eigenvalue weighted by Gasteiger charge is 1.96. The van der Waals surface area contributed by atoms with Gasteiger partial charge in [-0.2, -0.15) is 0 Å². The lowest BCUT2D eigenvalue weighted by atomic mass is 10.0. The van der Waals surface area contributed by atoms with Crippen molar-refractivity contribution >= 4 is 10.8 Å². The van der Waals surface area contributed by atoms with Gasteiger partial charge in [0.2, 0.25) is 0 Å². The molecule has 0 radical (unpaired) electrons. The summed E-state index contributed by atoms with van der Waals surface area (Å²) >= 11 is 0. The molecule has 0 saturated heterocycles. The molecule has 0 amide bonds. The van der Waals surface area contributed by atoms with Crippen LogP contribution < -0.4 is 0 Å². The predicted molar refractivity (Wildman–Crippen MR) is 78.8 cm³/mol. The SMILES string of the molecule is C(#Cc1cccc2ccccc12)Cc1ccncc1. The van der Waals surface area contributed by atoms with Crippen LogP contribution in [-0.2, 0) is 6.42 Å². The summed E-state index contributed by atoms with van der Waals surface area (Å²) in [5.41, 5.74) is 2.29. The Morgan fingerprint density at radius 1 is 0.842 bits per heavy atom. The van der Waals surface area contributed by atoms with E-state index in [0.717, 1.165) is 12.0 Å². The molecular formula is C18H13N. The van der Waals surface area contributed by atoms with Crippen molar-refractivity contribution in [3.8, 4) is 11.8 Å². The maximum atomic E-state index is 4.00. The lowest BCUT2D eigenvalue weighted by molar-refractivity contribution is 1.24. The second-order valence-electron chi connectivity index (χ2n) is 4.36. The number of benzene rings is 2. The van der Waals surface area contributed by atoms with Crippen LogP contribution in [0.1, 0.15) is 11.1 Å². The van der Waals surface area contributed by atoms with Gasteiger partial charge in [0.05, 0.1) is 0 Å². The third kappa shape index (κ3) is 2.64. The normalized spacial score (nSPS) is 9.89. The van der Waals surface area contributed by atoms with Gasteiger partial charge >= 0.3 is 0 Å². The zero-order chi connectivity index (χ0) is 12.9. The molecule has 1 heterocycles. The van der Waals surface area contributed by atoms with Crippen molar-refractivity contribution in [2.45, 2.75) is 6.42 Å². The summed E-state index contributed by atoms with van der Waals surface area (Å²) in [5, 5.41) is 2.45. The van der Waals surface area contributed by atoms with E-state index >= 15 is 0 Å². The molecule has 19 heavy (non-hydrogen) atoms. The molecule has 3 aromatic rings. The van der Waals surface area contributed by atoms with Crippen molar-refractivity contribution in [1.82, 2.24) is 4.98 Å². The van der Waals surface area contributed by atoms with Gasteiger partial charge in [-0.15, -0.1) is 0 Å². The minimum absolute atomic E-state index is 0.756. The number of aromatic nitrogens is 1. The molecule has 0 aliphatic heterocycles. The second-order valence-corrected chi connectivity index (χ2v) is 4.36. The van der Waals surface area contributed by atoms with Crippen LogP contribution in [0.15, 0.2) is 67.0 Å². The van der Waals surface area contributed by atoms with Crippen molar-refractivity contribution in [2.24, 2.45) is 0 Å². The number of rotatable bonds is 1. The lowest BCUT2D eigenvalue weighted by Crippen LogP contribution is -1.82. The van der Waals surface area contributed by atoms with Gasteiger partial charge in [0.25, 0.3) is 0 Å². The Kier molecular flexibility index (Phi) is 3.25. The summed E-state index contributed by atoms with van der Waals surface area (Å²) in [5.74, 6) is 6.50. The van der Waals surface area contributed by atoms with E-state index in [9.17, 15) is 0 Å². The van der Waals surface area contributed by atoms with Crippen molar-refractivity contribution in [1.29, 1.82) is 0 Å². The third-order valence-corrected chi connectivity index (χ3v) is 3.05. The van der Waals surface area contributed by atoms with Crippen molar-refractivity contribution in [2.75, 3.05) is 0 Å². The Morgan fingerprint density at radius 3 is 2.53 bits per heavy atom. The molecule has 1 nitrogen and oxygen atoms in total. The van der Waals surface area contributed by atoms with Crippen LogP contribution >= 0.6 is 0 Å². The van der Waals surface area contributed by atoms with Gasteiger partial charge in [-0.3, -0.25) is 4.98 Å². The number of fused-ring (bicyclic) bond motifs is 1. The van der Waals surface area contributed by atoms with Crippen molar-refractivity contribution in [3.05, 3.63) is 78.1 Å². The molecule has 0 unspecified atom stereocenters. The third-order valence-electron chi connectivity index (χ3n) is 3.05. The first kappa shape index (κ1) is 11.5. The highest BCUT2D eigenvalue weighted by molar-refractivity contribution is 5.88. The van der Waals surface area contributed by atoms with Crippen molar-refractivity contribution < 1.29 is 0 Å². The maximum absolute atomic E-state index is 4.00. The molecule has 90 valence electrons. The quantitative estimate of drug-likeness (QED) is 0.592. The Morgan fingerprint density at radius 2 is 1.63 bits per heavy atom. The van der Waals surface area contributed by atoms with E-state index in [0.29, 0.717) is 0 Å². The lowest BCUT2D eigenvalue weighted by Gasteiger charge is -1.99. The molecule has 0 aliphatic carbocycles. The van der Waals surface area contributed by atoms with Crippen LogP contribution in [0.25, 0.3) is 10.8 Å². The van der Waals surface area contributed by atoms with Gasteiger partial charge in [0.15, 0.2) is 0 Å². The van der Waals surface area contributed by atoms with E-state index in [2.05, 4.69) is 59.3 Å². The van der Waals surface area contributed by atoms with Crippen LogP contribution in [0.2, 0.25) is 0 Å². The number of pyridine rings is 1. The zero-order valence-electron chi connectivity index (χ0n) is 10.5. The van der Waals surface area contributed by atoms with Gasteiger partial charge in [0.1, 0.15) is 0 Å². The van der Waals surface area contributed by atoms with Crippen LogP contribution in [0.3, 0.4) is 0 Å². The first-order valence-corrected chi connectivity index (χ1v) is 6.29. The molecule has 1 heteroatoms. The van der Waals surface area contributed by atoms with Gasteiger partial charge in [0, 0.05) is 24.4 Å². The topological polar surface area (TPSA) is 12.9 Å². The summed E-state index contributed by atoms with van der Waals surface area (Å²) < 4.78 is 0. The summed E-state index contributed by atoms with van der Waals surface area (Å²) in [7, 11) is 0. The molecule has 0 N–H and O–H groups in total. The highest BCUT2D eigenvalue weighted by Crippen LogP contribution is 2.17. The Balaban J connectivity index is 1.90. The molecule has 3 rings (SSSR count). The molecule has 2 aromatic carbocycles. The van der Waals surface area contributed by atoms with E-state index in [-0.39, 0.29) is 0 Å². The van der Waals surface area contributed by atoms with Gasteiger partial charge in [-0.25, -0.2) is 0 Å². The van der Waals surface area contributed by atoms with E-state index in [4.69, 9.17) is 0 Å². The number of hydrogen-bond acceptors (Lipinski definition) is 1. The minimum atomic E-state index is 0.756. The molecule has 0 fully saturated rings. The Hall–Kier alpha value is -2.59. The van der Waals surface area contributed by atoms with Gasteiger partial charge in [-0.1, -0.05) is 48.2 Å². The van der Waals surface area contributed by atoms with E-state index in [1.165, 1.54) is 16.3 Å². The Bertz CT molecular complexity index is 743. The fourth-order valence-corrected chi connectivity index (χ4v) is 2.08. The van der Waals surface area contributed by atoms with E-state index in [1.807, 2.05) is 12.1 Å². The summed E-state index contributed by atoms with van der Waals surface area (Å²) in [4.78, 5) is 4.00. The van der Waals surface area contributed by atoms with E-state index in [1.54, 1.807) is 12.4 Å². The molecule has 0 aliphatic rings. The smallest absolute Gasteiger partial charge is 0.0345 e. The van der Waals surface area contributed by atoms with Gasteiger partial charge in [-0.05, 0) is 34.5 Å². The summed E-state index contributed by atoms with van der Waals surface area (Å²) in [6.07, 6.45) is 4.36. The fourth-order valence-electron chi connectivity index (χ4n) is 2.08. The first-order valence-electron chi connectivity index (χ1n) is 6.29. The van der Waals surface area contributed by atoms with E-state index < -0.39 is 0 Å². The summed E-state index contributed by atoms with van der Waals surface area (Å²) in [6.45, 7) is 0. The molecule has 1 aromatic heterocycles. The Labute approximate surface area is 112 Å². The predicted octanol–water partition coefficient (Wildman–Crippen LogP) is 3.83. The molecule has 0 bridgehead atoms. The van der Waals surface area contributed by atoms with Crippen LogP contribution in [0.4, 0.5) is 0 Å². The number of hydrogen-bond donors (Lipinski definition) is 0. The fraction of sp³-hybridized carbons (Fsp3) is 0.0556. The average molecular weight is 243 g/mol. The average Bonchev–Trinajstić information content (AvgIpc) is 2.49. The molecule has 0 spiro atoms. The summed E-state index contributed by atoms with van der Waals surface area (Å²) in [6, 6.07) is 18.6. The monoisotopic (exact) mass is 243 g/mol. The van der Waals surface area contributed by atoms with Crippen molar-refractivity contribution in [3.63, 3.8) is 0 Å². The maximum Gasteiger partial charge on any atom is 0.0345 e. The minimum Gasteiger partial charge on any atom is -0.265 e. The van der Waals surface area contributed by atoms with Crippen LogP contribution in [-0.4, -0.2) is 4.98 Å². The standard InChI is InChI=1S/C18H13N/c1-2-10-18-16(6-1)8-4-9-17(18)7-3-5-15-11-13-19-14-12-15/h1-2,4,6,8-14H,5H2. The van der Waals surface area contributed by atoms with Gasteiger partial charge < -0.3 is 0 Å². The molecular weight excluding hydrogens is 230 g/mol. The first-order chi connectivity index (χ1) is 9.43. The second kappa shape index (κ2) is 5.37. The molecule has 0 saturated carbocycles. The number of nitrogens with zero attached hydrogens (tertiary/aromatic N) is 1.